The number of carbonyl (C=O) groups excluding carboxylic acids is 1. The highest BCUT2D eigenvalue weighted by molar-refractivity contribution is 5.85. The van der Waals surface area contributed by atoms with Gasteiger partial charge in [-0.25, -0.2) is 9.59 Å². The fraction of sp³-hybridized carbons (Fsp3) is 0.143. The van der Waals surface area contributed by atoms with Gasteiger partial charge >= 0.3 is 11.9 Å². The molecule has 2 N–H and O–H groups in total. The molecular formula is C14H16O5. The molecule has 0 unspecified atom stereocenters. The molecule has 102 valence electrons. The molecule has 1 aromatic carbocycles. The standard InChI is InChI=1S/C9H8O3.C5H8O2/c10-8-4-1-7(2-5-8)3-6-9(11)12;1-3-5(6)7-4-2/h1-6,10H,(H,11,12);3H,1,4H2,2H3. The van der Waals surface area contributed by atoms with Crippen molar-refractivity contribution in [2.45, 2.75) is 6.92 Å². The maximum Gasteiger partial charge on any atom is 0.330 e. The monoisotopic (exact) mass is 264 g/mol. The lowest BCUT2D eigenvalue weighted by molar-refractivity contribution is -0.137. The second kappa shape index (κ2) is 9.47. The Labute approximate surface area is 111 Å². The molecule has 1 aromatic rings. The van der Waals surface area contributed by atoms with E-state index in [1.807, 2.05) is 0 Å². The van der Waals surface area contributed by atoms with Crippen LogP contribution < -0.4 is 0 Å². The van der Waals surface area contributed by atoms with Crippen molar-refractivity contribution in [3.8, 4) is 5.75 Å². The fourth-order valence-corrected chi connectivity index (χ4v) is 0.954. The van der Waals surface area contributed by atoms with Gasteiger partial charge in [-0.15, -0.1) is 0 Å². The minimum Gasteiger partial charge on any atom is -0.508 e. The van der Waals surface area contributed by atoms with E-state index in [1.165, 1.54) is 18.2 Å². The first-order valence-corrected chi connectivity index (χ1v) is 5.48. The summed E-state index contributed by atoms with van der Waals surface area (Å²) in [7, 11) is 0. The minimum atomic E-state index is -0.983. The number of aliphatic carboxylic acids is 1. The Kier molecular flexibility index (Phi) is 8.19. The normalized spacial score (nSPS) is 9.32. The van der Waals surface area contributed by atoms with Gasteiger partial charge < -0.3 is 14.9 Å². The maximum absolute atomic E-state index is 10.1. The van der Waals surface area contributed by atoms with Crippen LogP contribution in [0.1, 0.15) is 12.5 Å². The first-order valence-electron chi connectivity index (χ1n) is 5.48. The SMILES string of the molecule is C=CC(=O)OCC.O=C(O)C=Cc1ccc(O)cc1. The Balaban J connectivity index is 0.000000399. The predicted octanol–water partition coefficient (Wildman–Crippen LogP) is 2.23. The molecule has 0 fully saturated rings. The van der Waals surface area contributed by atoms with Gasteiger partial charge in [0.2, 0.25) is 0 Å². The molecule has 0 aromatic heterocycles. The number of hydrogen-bond acceptors (Lipinski definition) is 4. The lowest BCUT2D eigenvalue weighted by Gasteiger charge is -1.92. The molecule has 0 saturated carbocycles. The number of phenolic OH excluding ortho intramolecular Hbond substituents is 1. The number of benzene rings is 1. The second-order valence-corrected chi connectivity index (χ2v) is 3.22. The Hall–Kier alpha value is -2.56. The van der Waals surface area contributed by atoms with Crippen LogP contribution in [0.4, 0.5) is 0 Å². The highest BCUT2D eigenvalue weighted by Gasteiger charge is 1.89. The van der Waals surface area contributed by atoms with E-state index in [-0.39, 0.29) is 11.7 Å². The van der Waals surface area contributed by atoms with E-state index in [0.717, 1.165) is 17.7 Å². The zero-order chi connectivity index (χ0) is 14.7. The summed E-state index contributed by atoms with van der Waals surface area (Å²) in [6, 6.07) is 6.27. The second-order valence-electron chi connectivity index (χ2n) is 3.22. The van der Waals surface area contributed by atoms with Gasteiger partial charge in [-0.05, 0) is 30.7 Å². The first-order chi connectivity index (χ1) is 8.99. The molecule has 0 heterocycles. The molecule has 0 aliphatic rings. The highest BCUT2D eigenvalue weighted by Crippen LogP contribution is 2.10. The summed E-state index contributed by atoms with van der Waals surface area (Å²) in [5.74, 6) is -1.17. The van der Waals surface area contributed by atoms with E-state index in [0.29, 0.717) is 6.61 Å². The smallest absolute Gasteiger partial charge is 0.330 e. The molecule has 0 atom stereocenters. The molecule has 5 nitrogen and oxygen atoms in total. The summed E-state index contributed by atoms with van der Waals surface area (Å²) in [6.45, 7) is 5.38. The molecular weight excluding hydrogens is 248 g/mol. The van der Waals surface area contributed by atoms with Crippen molar-refractivity contribution in [1.29, 1.82) is 0 Å². The molecule has 5 heteroatoms. The number of ether oxygens (including phenoxy) is 1. The fourth-order valence-electron chi connectivity index (χ4n) is 0.954. The summed E-state index contributed by atoms with van der Waals surface area (Å²) in [5, 5.41) is 17.2. The van der Waals surface area contributed by atoms with Crippen LogP contribution in [-0.4, -0.2) is 28.8 Å². The third-order valence-electron chi connectivity index (χ3n) is 1.76. The third-order valence-corrected chi connectivity index (χ3v) is 1.76. The van der Waals surface area contributed by atoms with Crippen molar-refractivity contribution in [3.63, 3.8) is 0 Å². The Morgan fingerprint density at radius 2 is 1.89 bits per heavy atom. The van der Waals surface area contributed by atoms with Gasteiger partial charge in [0, 0.05) is 12.2 Å². The number of esters is 1. The molecule has 0 spiro atoms. The molecule has 0 radical (unpaired) electrons. The van der Waals surface area contributed by atoms with E-state index < -0.39 is 5.97 Å². The number of phenols is 1. The van der Waals surface area contributed by atoms with Gasteiger partial charge in [-0.2, -0.15) is 0 Å². The Bertz CT molecular complexity index is 445. The Morgan fingerprint density at radius 3 is 2.26 bits per heavy atom. The van der Waals surface area contributed by atoms with Crippen molar-refractivity contribution < 1.29 is 24.5 Å². The van der Waals surface area contributed by atoms with Gasteiger partial charge in [-0.3, -0.25) is 0 Å². The molecule has 0 aliphatic heterocycles. The molecule has 0 aliphatic carbocycles. The number of carbonyl (C=O) groups is 2. The van der Waals surface area contributed by atoms with Gasteiger partial charge in [0.15, 0.2) is 0 Å². The van der Waals surface area contributed by atoms with Crippen LogP contribution in [0.15, 0.2) is 43.0 Å². The van der Waals surface area contributed by atoms with E-state index in [4.69, 9.17) is 10.2 Å². The number of carboxylic acid groups (broad SMARTS) is 1. The lowest BCUT2D eigenvalue weighted by atomic mass is 10.2. The maximum atomic E-state index is 10.1. The predicted molar refractivity (Wildman–Crippen MR) is 71.6 cm³/mol. The summed E-state index contributed by atoms with van der Waals surface area (Å²) < 4.78 is 4.43. The van der Waals surface area contributed by atoms with Crippen LogP contribution >= 0.6 is 0 Å². The third kappa shape index (κ3) is 9.17. The number of carboxylic acids is 1. The molecule has 0 amide bonds. The number of hydrogen-bond donors (Lipinski definition) is 2. The summed E-state index contributed by atoms with van der Waals surface area (Å²) in [6.07, 6.45) is 3.65. The zero-order valence-corrected chi connectivity index (χ0v) is 10.6. The van der Waals surface area contributed by atoms with Crippen LogP contribution in [0, 0.1) is 0 Å². The number of rotatable bonds is 4. The van der Waals surface area contributed by atoms with Crippen molar-refractivity contribution in [1.82, 2.24) is 0 Å². The van der Waals surface area contributed by atoms with Gasteiger partial charge in [0.25, 0.3) is 0 Å². The first kappa shape index (κ1) is 16.4. The molecule has 0 bridgehead atoms. The summed E-state index contributed by atoms with van der Waals surface area (Å²) in [4.78, 5) is 20.2. The lowest BCUT2D eigenvalue weighted by Crippen LogP contribution is -1.97. The Morgan fingerprint density at radius 1 is 1.32 bits per heavy atom. The molecule has 1 rings (SSSR count). The van der Waals surface area contributed by atoms with E-state index in [9.17, 15) is 9.59 Å². The quantitative estimate of drug-likeness (QED) is 0.643. The van der Waals surface area contributed by atoms with Crippen LogP contribution in [0.2, 0.25) is 0 Å². The summed E-state index contributed by atoms with van der Waals surface area (Å²) >= 11 is 0. The van der Waals surface area contributed by atoms with Crippen LogP contribution in [0.5, 0.6) is 5.75 Å². The summed E-state index contributed by atoms with van der Waals surface area (Å²) in [5.41, 5.74) is 0.746. The van der Waals surface area contributed by atoms with Gasteiger partial charge in [-0.1, -0.05) is 18.7 Å². The van der Waals surface area contributed by atoms with Crippen molar-refractivity contribution >= 4 is 18.0 Å². The van der Waals surface area contributed by atoms with Crippen molar-refractivity contribution in [2.75, 3.05) is 6.61 Å². The van der Waals surface area contributed by atoms with Gasteiger partial charge in [0.1, 0.15) is 5.75 Å². The van der Waals surface area contributed by atoms with E-state index in [2.05, 4.69) is 11.3 Å². The zero-order valence-electron chi connectivity index (χ0n) is 10.6. The van der Waals surface area contributed by atoms with E-state index >= 15 is 0 Å². The van der Waals surface area contributed by atoms with Crippen LogP contribution in [-0.2, 0) is 14.3 Å². The highest BCUT2D eigenvalue weighted by atomic mass is 16.5. The number of aromatic hydroxyl groups is 1. The average Bonchev–Trinajstić information content (AvgIpc) is 2.39. The topological polar surface area (TPSA) is 83.8 Å². The van der Waals surface area contributed by atoms with Crippen molar-refractivity contribution in [3.05, 3.63) is 48.6 Å². The molecule has 0 saturated heterocycles. The van der Waals surface area contributed by atoms with Crippen LogP contribution in [0.25, 0.3) is 6.08 Å². The van der Waals surface area contributed by atoms with Gasteiger partial charge in [0.05, 0.1) is 6.61 Å². The average molecular weight is 264 g/mol. The van der Waals surface area contributed by atoms with Crippen LogP contribution in [0.3, 0.4) is 0 Å². The molecule has 19 heavy (non-hydrogen) atoms. The van der Waals surface area contributed by atoms with Crippen molar-refractivity contribution in [2.24, 2.45) is 0 Å². The minimum absolute atomic E-state index is 0.169. The van der Waals surface area contributed by atoms with E-state index in [1.54, 1.807) is 19.1 Å². The largest absolute Gasteiger partial charge is 0.508 e.